The van der Waals surface area contributed by atoms with E-state index < -0.39 is 29.7 Å². The number of urea groups is 1. The fourth-order valence-electron chi connectivity index (χ4n) is 9.52. The largest absolute Gasteiger partial charge is 0.496 e. The minimum Gasteiger partial charge on any atom is -0.496 e. The Kier molecular flexibility index (Phi) is 11.0. The number of piperidine rings is 2. The van der Waals surface area contributed by atoms with E-state index >= 15 is 0 Å². The van der Waals surface area contributed by atoms with Crippen LogP contribution in [0.15, 0.2) is 41.3 Å². The van der Waals surface area contributed by atoms with Gasteiger partial charge in [-0.25, -0.2) is 4.79 Å². The molecular weight excluding hydrogens is 757 g/mol. The van der Waals surface area contributed by atoms with Crippen molar-refractivity contribution in [2.24, 2.45) is 13.0 Å². The number of nitrogens with zero attached hydrogens (tertiary/aromatic N) is 6. The molecule has 59 heavy (non-hydrogen) atoms. The molecule has 0 spiro atoms. The number of hydrogen-bond donors (Lipinski definition) is 2. The van der Waals surface area contributed by atoms with Crippen LogP contribution in [0.1, 0.15) is 63.1 Å². The highest BCUT2D eigenvalue weighted by Crippen LogP contribution is 2.40. The summed E-state index contributed by atoms with van der Waals surface area (Å²) in [6.07, 6.45) is 4.36. The average molecular weight is 809 g/mol. The third-order valence-corrected chi connectivity index (χ3v) is 12.5. The highest BCUT2D eigenvalue weighted by molar-refractivity contribution is 6.23. The Balaban J connectivity index is 0.829. The van der Waals surface area contributed by atoms with E-state index in [9.17, 15) is 28.8 Å². The second-order valence-corrected chi connectivity index (χ2v) is 16.5. The molecule has 8 rings (SSSR count). The second-order valence-electron chi connectivity index (χ2n) is 16.5. The molecule has 3 atom stereocenters. The predicted octanol–water partition coefficient (Wildman–Crippen LogP) is 2.20. The Morgan fingerprint density at radius 1 is 0.898 bits per heavy atom. The van der Waals surface area contributed by atoms with E-state index in [4.69, 9.17) is 9.47 Å². The molecule has 0 radical (unpaired) electrons. The van der Waals surface area contributed by atoms with Gasteiger partial charge in [-0.2, -0.15) is 0 Å². The number of fused-ring (bicyclic) bond motifs is 3. The van der Waals surface area contributed by atoms with E-state index in [2.05, 4.69) is 25.3 Å². The quantitative estimate of drug-likeness (QED) is 0.216. The molecule has 312 valence electrons. The molecule has 3 fully saturated rings. The van der Waals surface area contributed by atoms with Crippen molar-refractivity contribution >= 4 is 35.3 Å². The molecule has 2 aromatic carbocycles. The molecule has 6 heterocycles. The minimum atomic E-state index is -0.986. The van der Waals surface area contributed by atoms with E-state index in [1.807, 2.05) is 38.5 Å². The van der Waals surface area contributed by atoms with E-state index in [-0.39, 0.29) is 36.5 Å². The van der Waals surface area contributed by atoms with Crippen LogP contribution in [0.25, 0.3) is 11.1 Å². The topological polar surface area (TPSA) is 166 Å². The Hall–Kier alpha value is -5.74. The van der Waals surface area contributed by atoms with Crippen molar-refractivity contribution in [2.45, 2.75) is 57.3 Å². The van der Waals surface area contributed by atoms with Crippen molar-refractivity contribution < 1.29 is 33.4 Å². The summed E-state index contributed by atoms with van der Waals surface area (Å²) in [5.74, 6) is -0.132. The van der Waals surface area contributed by atoms with E-state index in [1.54, 1.807) is 42.9 Å². The average Bonchev–Trinajstić information content (AvgIpc) is 3.45. The van der Waals surface area contributed by atoms with Crippen LogP contribution >= 0.6 is 0 Å². The highest BCUT2D eigenvalue weighted by Gasteiger charge is 2.46. The molecule has 3 unspecified atom stereocenters. The predicted molar refractivity (Wildman–Crippen MR) is 219 cm³/mol. The monoisotopic (exact) mass is 808 g/mol. The number of aryl methyl sites for hydroxylation is 1. The zero-order chi connectivity index (χ0) is 41.7. The molecule has 0 aliphatic carbocycles. The van der Waals surface area contributed by atoms with Crippen LogP contribution in [0.4, 0.5) is 10.5 Å². The van der Waals surface area contributed by atoms with Gasteiger partial charge in [-0.05, 0) is 87.8 Å². The molecule has 16 heteroatoms. The van der Waals surface area contributed by atoms with Gasteiger partial charge in [0.15, 0.2) is 0 Å². The first-order chi connectivity index (χ1) is 28.4. The number of imide groups is 2. The van der Waals surface area contributed by atoms with Crippen LogP contribution in [0, 0.1) is 5.92 Å². The van der Waals surface area contributed by atoms with Gasteiger partial charge in [0.1, 0.15) is 17.5 Å². The van der Waals surface area contributed by atoms with Gasteiger partial charge in [-0.15, -0.1) is 0 Å². The number of rotatable bonds is 11. The molecule has 3 saturated heterocycles. The van der Waals surface area contributed by atoms with Crippen molar-refractivity contribution in [3.8, 4) is 22.6 Å². The van der Waals surface area contributed by atoms with Gasteiger partial charge in [-0.1, -0.05) is 0 Å². The van der Waals surface area contributed by atoms with E-state index in [0.717, 1.165) is 71.9 Å². The minimum absolute atomic E-state index is 0.0818. The maximum Gasteiger partial charge on any atom is 0.317 e. The fraction of sp³-hybridized carbons (Fsp3) is 0.488. The summed E-state index contributed by atoms with van der Waals surface area (Å²) in [6, 6.07) is 8.46. The van der Waals surface area contributed by atoms with Crippen LogP contribution < -0.4 is 30.6 Å². The number of carbonyl (C=O) groups excluding carboxylic acids is 5. The van der Waals surface area contributed by atoms with Gasteiger partial charge < -0.3 is 39.0 Å². The fourth-order valence-corrected chi connectivity index (χ4v) is 9.52. The number of aromatic nitrogens is 1. The molecule has 0 saturated carbocycles. The zero-order valence-corrected chi connectivity index (χ0v) is 34.3. The molecular formula is C43H52N8O8. The number of hydrogen-bond acceptors (Lipinski definition) is 11. The third kappa shape index (κ3) is 7.43. The molecule has 6 amide bonds. The van der Waals surface area contributed by atoms with E-state index in [0.29, 0.717) is 60.6 Å². The first kappa shape index (κ1) is 40.1. The van der Waals surface area contributed by atoms with Gasteiger partial charge >= 0.3 is 6.03 Å². The zero-order valence-electron chi connectivity index (χ0n) is 34.3. The Labute approximate surface area is 343 Å². The Morgan fingerprint density at radius 3 is 2.34 bits per heavy atom. The normalized spacial score (nSPS) is 21.5. The lowest BCUT2D eigenvalue weighted by Crippen LogP contribution is -2.63. The first-order valence-electron chi connectivity index (χ1n) is 20.4. The van der Waals surface area contributed by atoms with E-state index in [1.165, 1.54) is 0 Å². The third-order valence-electron chi connectivity index (χ3n) is 12.5. The lowest BCUT2D eigenvalue weighted by molar-refractivity contribution is -0.136. The van der Waals surface area contributed by atoms with Crippen molar-refractivity contribution in [1.82, 2.24) is 34.8 Å². The van der Waals surface area contributed by atoms with Crippen LogP contribution in [0.5, 0.6) is 11.5 Å². The summed E-state index contributed by atoms with van der Waals surface area (Å²) < 4.78 is 13.1. The lowest BCUT2D eigenvalue weighted by Gasteiger charge is -2.54. The maximum absolute atomic E-state index is 13.4. The number of likely N-dealkylation sites (tertiary alicyclic amines) is 1. The van der Waals surface area contributed by atoms with Gasteiger partial charge in [0.2, 0.25) is 11.8 Å². The number of methoxy groups -OCH3 is 2. The number of amides is 6. The van der Waals surface area contributed by atoms with Crippen molar-refractivity contribution in [3.63, 3.8) is 0 Å². The Morgan fingerprint density at radius 2 is 1.64 bits per heavy atom. The van der Waals surface area contributed by atoms with Crippen LogP contribution in [-0.4, -0.2) is 133 Å². The standard InChI is InChI=1S/C43H52N8O8/c1-46(2)22-33-36(58-4)17-25(18-37(33)59-5)31-23-47(3)40(54)32-24-49(16-11-28(31)32)43(57)44-13-6-14-48-15-12-34-26(20-48)21-50(34)27-7-8-29-30(19-27)42(56)51(41(29)55)35-9-10-38(52)45-39(35)53/h7-8,17-19,23,26,34-35H,6,9-16,20-22,24H2,1-5H3,(H,44,57)(H,45,52,53). The number of nitrogens with one attached hydrogen (secondary N) is 2. The summed E-state index contributed by atoms with van der Waals surface area (Å²) >= 11 is 0. The summed E-state index contributed by atoms with van der Waals surface area (Å²) in [7, 11) is 9.01. The molecule has 2 N–H and O–H groups in total. The van der Waals surface area contributed by atoms with Crippen molar-refractivity contribution in [1.29, 1.82) is 0 Å². The molecule has 0 bridgehead atoms. The number of carbonyl (C=O) groups is 5. The summed E-state index contributed by atoms with van der Waals surface area (Å²) in [4.78, 5) is 86.9. The number of ether oxygens (including phenoxy) is 2. The number of benzene rings is 2. The van der Waals surface area contributed by atoms with Gasteiger partial charge in [0, 0.05) is 87.7 Å². The van der Waals surface area contributed by atoms with Crippen LogP contribution in [-0.2, 0) is 36.1 Å². The van der Waals surface area contributed by atoms with Crippen molar-refractivity contribution in [3.05, 3.63) is 74.7 Å². The van der Waals surface area contributed by atoms with Gasteiger partial charge in [0.05, 0.1) is 37.5 Å². The maximum atomic E-state index is 13.4. The number of pyridine rings is 1. The van der Waals surface area contributed by atoms with Gasteiger partial charge in [0.25, 0.3) is 17.4 Å². The van der Waals surface area contributed by atoms with Crippen LogP contribution in [0.3, 0.4) is 0 Å². The highest BCUT2D eigenvalue weighted by atomic mass is 16.5. The summed E-state index contributed by atoms with van der Waals surface area (Å²) in [5.41, 5.74) is 5.67. The molecule has 3 aromatic rings. The first-order valence-corrected chi connectivity index (χ1v) is 20.4. The van der Waals surface area contributed by atoms with Gasteiger partial charge in [-0.3, -0.25) is 34.2 Å². The molecule has 5 aliphatic rings. The lowest BCUT2D eigenvalue weighted by atomic mass is 9.82. The second kappa shape index (κ2) is 16.1. The molecule has 1 aromatic heterocycles. The summed E-state index contributed by atoms with van der Waals surface area (Å²) in [6.45, 7) is 5.40. The van der Waals surface area contributed by atoms with Crippen LogP contribution in [0.2, 0.25) is 0 Å². The van der Waals surface area contributed by atoms with Crippen molar-refractivity contribution in [2.75, 3.05) is 72.5 Å². The Bertz CT molecular complexity index is 2260. The smallest absolute Gasteiger partial charge is 0.317 e. The SMILES string of the molecule is COc1cc(-c2cn(C)c(=O)c3c2CCN(C(=O)NCCCN2CCC4C(C2)CN4c2ccc4c(c2)C(=O)N(C2CCC(=O)NC2=O)C4=O)C3)cc(OC)c1CN(C)C. The molecule has 5 aliphatic heterocycles. The summed E-state index contributed by atoms with van der Waals surface area (Å²) in [5, 5.41) is 5.33. The molecule has 16 nitrogen and oxygen atoms in total. The number of anilines is 1.